The number of carbonyl (C=O) groups is 1. The highest BCUT2D eigenvalue weighted by Crippen LogP contribution is 2.29. The summed E-state index contributed by atoms with van der Waals surface area (Å²) in [5.41, 5.74) is 0.217. The van der Waals surface area contributed by atoms with Crippen LogP contribution in [0.1, 0.15) is 28.9 Å². The highest BCUT2D eigenvalue weighted by molar-refractivity contribution is 6.76. The van der Waals surface area contributed by atoms with Gasteiger partial charge in [-0.15, -0.1) is 0 Å². The molecule has 200 valence electrons. The second-order valence-corrected chi connectivity index (χ2v) is 16.0. The Labute approximate surface area is 213 Å². The third-order valence-electron chi connectivity index (χ3n) is 6.26. The highest BCUT2D eigenvalue weighted by Gasteiger charge is 2.36. The molecule has 1 unspecified atom stereocenters. The van der Waals surface area contributed by atoms with Gasteiger partial charge in [-0.1, -0.05) is 19.6 Å². The van der Waals surface area contributed by atoms with E-state index in [1.807, 2.05) is 0 Å². The van der Waals surface area contributed by atoms with Crippen molar-refractivity contribution in [2.75, 3.05) is 11.9 Å². The van der Waals surface area contributed by atoms with Gasteiger partial charge < -0.3 is 20.5 Å². The molecular weight excluding hydrogens is 505 g/mol. The van der Waals surface area contributed by atoms with Crippen LogP contribution in [0.25, 0.3) is 11.0 Å². The van der Waals surface area contributed by atoms with Gasteiger partial charge in [-0.05, 0) is 37.1 Å². The standard InChI is InChI=1S/C24H31F3N6O3Si/c1-37(2,3)9-8-36-13-33-23-19(22(29-12-30-23)31-18-7-6-17(27)21(18)34)20(32-33)24(35)28-11-14-10-15(25)4-5-16(14)26/h4-5,10,12,17-18,21,34H,6-9,11,13H2,1-3H3,(H,28,35)(H,29,30,31)/t17-,18?,21+/m0/s1. The number of fused-ring (bicyclic) bond motifs is 1. The minimum atomic E-state index is -1.36. The molecule has 1 aromatic carbocycles. The van der Waals surface area contributed by atoms with Gasteiger partial charge in [-0.25, -0.2) is 27.8 Å². The third-order valence-corrected chi connectivity index (χ3v) is 7.96. The monoisotopic (exact) mass is 536 g/mol. The number of alkyl halides is 1. The van der Waals surface area contributed by atoms with Gasteiger partial charge in [0.2, 0.25) is 0 Å². The maximum absolute atomic E-state index is 14.1. The summed E-state index contributed by atoms with van der Waals surface area (Å²) in [6.45, 7) is 6.96. The van der Waals surface area contributed by atoms with E-state index >= 15 is 0 Å². The molecule has 1 saturated carbocycles. The van der Waals surface area contributed by atoms with E-state index in [1.54, 1.807) is 0 Å². The van der Waals surface area contributed by atoms with Crippen LogP contribution < -0.4 is 10.6 Å². The molecule has 1 aliphatic carbocycles. The van der Waals surface area contributed by atoms with Crippen molar-refractivity contribution in [3.63, 3.8) is 0 Å². The second kappa shape index (κ2) is 11.2. The summed E-state index contributed by atoms with van der Waals surface area (Å²) in [5, 5.41) is 20.4. The lowest BCUT2D eigenvalue weighted by Crippen LogP contribution is -2.33. The number of rotatable bonds is 10. The number of nitrogens with one attached hydrogen (secondary N) is 2. The van der Waals surface area contributed by atoms with E-state index in [-0.39, 0.29) is 42.2 Å². The number of aromatic nitrogens is 4. The van der Waals surface area contributed by atoms with Crippen LogP contribution >= 0.6 is 0 Å². The van der Waals surface area contributed by atoms with E-state index in [0.29, 0.717) is 18.7 Å². The number of aliphatic hydroxyl groups excluding tert-OH is 1. The van der Waals surface area contributed by atoms with E-state index in [1.165, 1.54) is 11.0 Å². The summed E-state index contributed by atoms with van der Waals surface area (Å²) in [4.78, 5) is 21.7. The van der Waals surface area contributed by atoms with Crippen LogP contribution in [0.15, 0.2) is 24.5 Å². The molecule has 0 radical (unpaired) electrons. The molecule has 13 heteroatoms. The van der Waals surface area contributed by atoms with Crippen LogP contribution in [-0.2, 0) is 18.0 Å². The van der Waals surface area contributed by atoms with Crippen LogP contribution in [0.4, 0.5) is 19.0 Å². The highest BCUT2D eigenvalue weighted by atomic mass is 28.3. The fourth-order valence-corrected chi connectivity index (χ4v) is 4.86. The summed E-state index contributed by atoms with van der Waals surface area (Å²) in [6.07, 6.45) is -0.728. The Hall–Kier alpha value is -3.03. The first-order valence-corrected chi connectivity index (χ1v) is 15.8. The molecule has 3 aromatic rings. The van der Waals surface area contributed by atoms with Crippen LogP contribution in [0.2, 0.25) is 25.7 Å². The molecule has 0 spiro atoms. The van der Waals surface area contributed by atoms with Gasteiger partial charge in [-0.3, -0.25) is 4.79 Å². The number of aliphatic hydroxyl groups is 1. The van der Waals surface area contributed by atoms with Crippen LogP contribution in [0.5, 0.6) is 0 Å². The molecule has 0 aliphatic heterocycles. The van der Waals surface area contributed by atoms with Gasteiger partial charge in [0.25, 0.3) is 5.91 Å². The molecule has 1 fully saturated rings. The molecule has 1 aliphatic rings. The van der Waals surface area contributed by atoms with Crippen molar-refractivity contribution in [3.05, 3.63) is 47.4 Å². The molecule has 3 atom stereocenters. The van der Waals surface area contributed by atoms with E-state index in [9.17, 15) is 23.1 Å². The summed E-state index contributed by atoms with van der Waals surface area (Å²) in [7, 11) is -1.32. The average molecular weight is 537 g/mol. The Balaban J connectivity index is 1.62. The number of benzene rings is 1. The Morgan fingerprint density at radius 3 is 2.73 bits per heavy atom. The quantitative estimate of drug-likeness (QED) is 0.268. The molecule has 0 bridgehead atoms. The normalized spacial score (nSPS) is 19.9. The fraction of sp³-hybridized carbons (Fsp3) is 0.500. The van der Waals surface area contributed by atoms with E-state index in [0.717, 1.165) is 24.2 Å². The Kier molecular flexibility index (Phi) is 8.14. The lowest BCUT2D eigenvalue weighted by molar-refractivity contribution is 0.0800. The van der Waals surface area contributed by atoms with Crippen LogP contribution in [0, 0.1) is 11.6 Å². The second-order valence-electron chi connectivity index (χ2n) is 10.4. The molecule has 3 N–H and O–H groups in total. The van der Waals surface area contributed by atoms with Crippen molar-refractivity contribution >= 4 is 30.8 Å². The van der Waals surface area contributed by atoms with Crippen molar-refractivity contribution in [1.29, 1.82) is 0 Å². The number of halogens is 3. The number of carbonyl (C=O) groups excluding carboxylic acids is 1. The topological polar surface area (TPSA) is 114 Å². The molecule has 2 aromatic heterocycles. The molecular formula is C24H31F3N6O3Si. The lowest BCUT2D eigenvalue weighted by atomic mass is 10.2. The zero-order valence-corrected chi connectivity index (χ0v) is 22.0. The predicted octanol–water partition coefficient (Wildman–Crippen LogP) is 3.62. The predicted molar refractivity (Wildman–Crippen MR) is 135 cm³/mol. The van der Waals surface area contributed by atoms with E-state index in [2.05, 4.69) is 45.3 Å². The molecule has 2 heterocycles. The average Bonchev–Trinajstić information content (AvgIpc) is 3.37. The molecule has 1 amide bonds. The first kappa shape index (κ1) is 27.0. The number of anilines is 1. The van der Waals surface area contributed by atoms with Crippen molar-refractivity contribution < 1.29 is 27.8 Å². The van der Waals surface area contributed by atoms with Crippen LogP contribution in [-0.4, -0.2) is 63.8 Å². The summed E-state index contributed by atoms with van der Waals surface area (Å²) < 4.78 is 48.7. The van der Waals surface area contributed by atoms with Crippen molar-refractivity contribution in [3.8, 4) is 0 Å². The largest absolute Gasteiger partial charge is 0.388 e. The number of nitrogens with zero attached hydrogens (tertiary/aromatic N) is 4. The number of hydrogen-bond donors (Lipinski definition) is 3. The SMILES string of the molecule is C[Si](C)(C)CCOCn1nc(C(=O)NCc2cc(F)ccc2F)c2c(NC3CC[C@H](F)[C@H]3O)ncnc21. The molecule has 4 rings (SSSR count). The molecule has 0 saturated heterocycles. The summed E-state index contributed by atoms with van der Waals surface area (Å²) in [5.74, 6) is -1.74. The summed E-state index contributed by atoms with van der Waals surface area (Å²) in [6, 6.07) is 3.31. The number of ether oxygens (including phenoxy) is 1. The Bertz CT molecular complexity index is 1270. The third kappa shape index (κ3) is 6.46. The minimum absolute atomic E-state index is 0.0237. The Morgan fingerprint density at radius 2 is 2.03 bits per heavy atom. The maximum atomic E-state index is 14.1. The van der Waals surface area contributed by atoms with Crippen molar-refractivity contribution in [2.45, 2.75) is 70.1 Å². The number of amides is 1. The van der Waals surface area contributed by atoms with Gasteiger partial charge in [0.1, 0.15) is 42.8 Å². The first-order valence-electron chi connectivity index (χ1n) is 12.1. The number of hydrogen-bond acceptors (Lipinski definition) is 7. The van der Waals surface area contributed by atoms with Gasteiger partial charge in [0.15, 0.2) is 11.3 Å². The summed E-state index contributed by atoms with van der Waals surface area (Å²) >= 11 is 0. The maximum Gasteiger partial charge on any atom is 0.272 e. The lowest BCUT2D eigenvalue weighted by Gasteiger charge is -2.18. The molecule has 37 heavy (non-hydrogen) atoms. The first-order chi connectivity index (χ1) is 17.5. The zero-order valence-electron chi connectivity index (χ0n) is 21.0. The zero-order chi connectivity index (χ0) is 26.7. The molecule has 9 nitrogen and oxygen atoms in total. The smallest absolute Gasteiger partial charge is 0.272 e. The van der Waals surface area contributed by atoms with Crippen molar-refractivity contribution in [2.24, 2.45) is 0 Å². The van der Waals surface area contributed by atoms with E-state index in [4.69, 9.17) is 4.74 Å². The van der Waals surface area contributed by atoms with Gasteiger partial charge in [-0.2, -0.15) is 5.10 Å². The van der Waals surface area contributed by atoms with Gasteiger partial charge >= 0.3 is 0 Å². The van der Waals surface area contributed by atoms with Crippen molar-refractivity contribution in [1.82, 2.24) is 25.1 Å². The Morgan fingerprint density at radius 1 is 1.24 bits per heavy atom. The fourth-order valence-electron chi connectivity index (χ4n) is 4.10. The minimum Gasteiger partial charge on any atom is -0.388 e. The van der Waals surface area contributed by atoms with Gasteiger partial charge in [0, 0.05) is 26.8 Å². The van der Waals surface area contributed by atoms with Gasteiger partial charge in [0.05, 0.1) is 11.4 Å². The van der Waals surface area contributed by atoms with E-state index < -0.39 is 43.9 Å². The van der Waals surface area contributed by atoms with Crippen LogP contribution in [0.3, 0.4) is 0 Å².